The summed E-state index contributed by atoms with van der Waals surface area (Å²) in [4.78, 5) is 8.34. The highest BCUT2D eigenvalue weighted by Gasteiger charge is 2.06. The fourth-order valence-corrected chi connectivity index (χ4v) is 2.23. The zero-order valence-electron chi connectivity index (χ0n) is 13.7. The van der Waals surface area contributed by atoms with E-state index in [1.165, 1.54) is 5.56 Å². The van der Waals surface area contributed by atoms with Gasteiger partial charge in [0.1, 0.15) is 5.82 Å². The molecule has 6 heteroatoms. The number of nitrogens with zero attached hydrogens (tertiary/aromatic N) is 4. The van der Waals surface area contributed by atoms with Crippen molar-refractivity contribution in [2.24, 2.45) is 5.92 Å². The number of benzene rings is 1. The number of aromatic nitrogens is 4. The van der Waals surface area contributed by atoms with Crippen molar-refractivity contribution in [2.45, 2.75) is 13.5 Å². The number of hydrogen-bond acceptors (Lipinski definition) is 5. The molecule has 0 aliphatic heterocycles. The molecule has 0 aliphatic carbocycles. The third kappa shape index (κ3) is 4.63. The van der Waals surface area contributed by atoms with E-state index in [1.54, 1.807) is 23.1 Å². The molecule has 0 bridgehead atoms. The van der Waals surface area contributed by atoms with E-state index in [9.17, 15) is 0 Å². The van der Waals surface area contributed by atoms with Gasteiger partial charge in [0.15, 0.2) is 0 Å². The molecule has 0 radical (unpaired) electrons. The lowest BCUT2D eigenvalue weighted by molar-refractivity contribution is 0.0954. The Kier molecular flexibility index (Phi) is 5.52. The molecule has 0 spiro atoms. The predicted molar refractivity (Wildman–Crippen MR) is 92.9 cm³/mol. The van der Waals surface area contributed by atoms with Gasteiger partial charge in [-0.1, -0.05) is 37.3 Å². The Morgan fingerprint density at radius 1 is 1.08 bits per heavy atom. The average molecular weight is 323 g/mol. The Balaban J connectivity index is 1.42. The second-order valence-electron chi connectivity index (χ2n) is 5.68. The monoisotopic (exact) mass is 323 g/mol. The Morgan fingerprint density at radius 3 is 2.67 bits per heavy atom. The number of anilines is 1. The molecule has 3 rings (SSSR count). The van der Waals surface area contributed by atoms with Crippen molar-refractivity contribution in [2.75, 3.05) is 18.5 Å². The molecule has 1 unspecified atom stereocenters. The van der Waals surface area contributed by atoms with Gasteiger partial charge in [-0.25, -0.2) is 14.6 Å². The van der Waals surface area contributed by atoms with Crippen molar-refractivity contribution in [3.05, 3.63) is 66.6 Å². The topological polar surface area (TPSA) is 64.9 Å². The quantitative estimate of drug-likeness (QED) is 0.690. The summed E-state index contributed by atoms with van der Waals surface area (Å²) in [5.74, 6) is 1.74. The molecular weight excluding hydrogens is 302 g/mol. The van der Waals surface area contributed by atoms with E-state index >= 15 is 0 Å². The summed E-state index contributed by atoms with van der Waals surface area (Å²) in [6.45, 7) is 4.28. The standard InChI is InChI=1S/C18H21N5O/c1-15(13-24-14-16-6-3-2-4-7-16)12-21-17-8-11-23(22-17)18-19-9-5-10-20-18/h2-11,15H,12-14H2,1H3,(H,21,22). The smallest absolute Gasteiger partial charge is 0.250 e. The molecule has 0 fully saturated rings. The molecule has 2 aromatic heterocycles. The van der Waals surface area contributed by atoms with E-state index < -0.39 is 0 Å². The van der Waals surface area contributed by atoms with Crippen molar-refractivity contribution in [1.29, 1.82) is 0 Å². The number of ether oxygens (including phenoxy) is 1. The van der Waals surface area contributed by atoms with Crippen LogP contribution in [-0.2, 0) is 11.3 Å². The first-order chi connectivity index (χ1) is 11.8. The molecule has 0 aliphatic rings. The van der Waals surface area contributed by atoms with Gasteiger partial charge in [-0.15, -0.1) is 5.10 Å². The van der Waals surface area contributed by atoms with Gasteiger partial charge in [-0.3, -0.25) is 0 Å². The first-order valence-electron chi connectivity index (χ1n) is 8.00. The van der Waals surface area contributed by atoms with Crippen molar-refractivity contribution >= 4 is 5.82 Å². The van der Waals surface area contributed by atoms with Crippen LogP contribution >= 0.6 is 0 Å². The van der Waals surface area contributed by atoms with Crippen LogP contribution in [0.25, 0.3) is 5.95 Å². The van der Waals surface area contributed by atoms with Crippen molar-refractivity contribution in [1.82, 2.24) is 19.7 Å². The Bertz CT molecular complexity index is 729. The molecule has 24 heavy (non-hydrogen) atoms. The molecule has 1 N–H and O–H groups in total. The minimum Gasteiger partial charge on any atom is -0.376 e. The summed E-state index contributed by atoms with van der Waals surface area (Å²) in [7, 11) is 0. The van der Waals surface area contributed by atoms with Crippen LogP contribution in [-0.4, -0.2) is 32.9 Å². The lowest BCUT2D eigenvalue weighted by Gasteiger charge is -2.12. The zero-order valence-corrected chi connectivity index (χ0v) is 13.7. The third-order valence-electron chi connectivity index (χ3n) is 3.49. The summed E-state index contributed by atoms with van der Waals surface area (Å²) >= 11 is 0. The maximum absolute atomic E-state index is 5.76. The fourth-order valence-electron chi connectivity index (χ4n) is 2.23. The van der Waals surface area contributed by atoms with Crippen LogP contribution in [0.4, 0.5) is 5.82 Å². The summed E-state index contributed by atoms with van der Waals surface area (Å²) in [5.41, 5.74) is 1.19. The van der Waals surface area contributed by atoms with Crippen LogP contribution in [0.2, 0.25) is 0 Å². The number of rotatable bonds is 8. The first kappa shape index (κ1) is 16.1. The van der Waals surface area contributed by atoms with Crippen LogP contribution < -0.4 is 5.32 Å². The lowest BCUT2D eigenvalue weighted by Crippen LogP contribution is -2.17. The maximum atomic E-state index is 5.76. The van der Waals surface area contributed by atoms with Crippen LogP contribution in [0.3, 0.4) is 0 Å². The molecule has 1 atom stereocenters. The van der Waals surface area contributed by atoms with E-state index in [1.807, 2.05) is 30.5 Å². The van der Waals surface area contributed by atoms with Gasteiger partial charge < -0.3 is 10.1 Å². The molecule has 0 saturated carbocycles. The van der Waals surface area contributed by atoms with E-state index in [-0.39, 0.29) is 0 Å². The summed E-state index contributed by atoms with van der Waals surface area (Å²) in [6, 6.07) is 13.9. The van der Waals surface area contributed by atoms with Crippen LogP contribution in [0.1, 0.15) is 12.5 Å². The van der Waals surface area contributed by atoms with Crippen LogP contribution in [0.5, 0.6) is 0 Å². The SMILES string of the molecule is CC(CNc1ccn(-c2ncccn2)n1)COCc1ccccc1. The first-order valence-corrected chi connectivity index (χ1v) is 8.00. The normalized spacial score (nSPS) is 12.0. The molecular formula is C18H21N5O. The summed E-state index contributed by atoms with van der Waals surface area (Å²) < 4.78 is 7.41. The van der Waals surface area contributed by atoms with Crippen molar-refractivity contribution in [3.8, 4) is 5.95 Å². The Labute approximate surface area is 141 Å². The highest BCUT2D eigenvalue weighted by molar-refractivity contribution is 5.33. The second-order valence-corrected chi connectivity index (χ2v) is 5.68. The summed E-state index contributed by atoms with van der Waals surface area (Å²) in [6.07, 6.45) is 5.24. The van der Waals surface area contributed by atoms with Gasteiger partial charge in [0.05, 0.1) is 13.2 Å². The highest BCUT2D eigenvalue weighted by atomic mass is 16.5. The largest absolute Gasteiger partial charge is 0.376 e. The minimum absolute atomic E-state index is 0.381. The Hall–Kier alpha value is -2.73. The second kappa shape index (κ2) is 8.21. The highest BCUT2D eigenvalue weighted by Crippen LogP contribution is 2.08. The fraction of sp³-hybridized carbons (Fsp3) is 0.278. The predicted octanol–water partition coefficient (Wildman–Crippen LogP) is 2.93. The average Bonchev–Trinajstić information content (AvgIpc) is 3.11. The van der Waals surface area contributed by atoms with Gasteiger partial charge in [-0.2, -0.15) is 0 Å². The maximum Gasteiger partial charge on any atom is 0.250 e. The van der Waals surface area contributed by atoms with Gasteiger partial charge >= 0.3 is 0 Å². The number of nitrogens with one attached hydrogen (secondary N) is 1. The van der Waals surface area contributed by atoms with Gasteiger partial charge in [0.25, 0.3) is 0 Å². The van der Waals surface area contributed by atoms with Crippen LogP contribution in [0.15, 0.2) is 61.1 Å². The molecule has 2 heterocycles. The van der Waals surface area contributed by atoms with E-state index in [2.05, 4.69) is 39.4 Å². The molecule has 0 amide bonds. The van der Waals surface area contributed by atoms with E-state index in [0.717, 1.165) is 12.4 Å². The third-order valence-corrected chi connectivity index (χ3v) is 3.49. The minimum atomic E-state index is 0.381. The van der Waals surface area contributed by atoms with Gasteiger partial charge in [0, 0.05) is 31.2 Å². The van der Waals surface area contributed by atoms with Crippen molar-refractivity contribution < 1.29 is 4.74 Å². The molecule has 6 nitrogen and oxygen atoms in total. The van der Waals surface area contributed by atoms with Crippen molar-refractivity contribution in [3.63, 3.8) is 0 Å². The number of hydrogen-bond donors (Lipinski definition) is 1. The molecule has 1 aromatic carbocycles. The molecule has 0 saturated heterocycles. The molecule has 3 aromatic rings. The summed E-state index contributed by atoms with van der Waals surface area (Å²) in [5, 5.41) is 7.74. The van der Waals surface area contributed by atoms with E-state index in [0.29, 0.717) is 25.1 Å². The Morgan fingerprint density at radius 2 is 1.88 bits per heavy atom. The van der Waals surface area contributed by atoms with Gasteiger partial charge in [-0.05, 0) is 17.5 Å². The lowest BCUT2D eigenvalue weighted by atomic mass is 10.2. The van der Waals surface area contributed by atoms with Crippen LogP contribution in [0, 0.1) is 5.92 Å². The van der Waals surface area contributed by atoms with Gasteiger partial charge in [0.2, 0.25) is 5.95 Å². The van der Waals surface area contributed by atoms with E-state index in [4.69, 9.17) is 4.74 Å². The zero-order chi connectivity index (χ0) is 16.6. The molecule has 124 valence electrons.